The molecule has 8 heteroatoms. The number of carbonyl (C=O) groups is 2. The summed E-state index contributed by atoms with van der Waals surface area (Å²) in [6.45, 7) is 5.15. The Labute approximate surface area is 222 Å². The van der Waals surface area contributed by atoms with Crippen molar-refractivity contribution in [2.75, 3.05) is 20.3 Å². The van der Waals surface area contributed by atoms with Crippen LogP contribution in [0.3, 0.4) is 0 Å². The minimum absolute atomic E-state index is 0.00440. The van der Waals surface area contributed by atoms with Crippen LogP contribution in [0.1, 0.15) is 49.4 Å². The largest absolute Gasteiger partial charge is 0.507 e. The van der Waals surface area contributed by atoms with E-state index in [1.807, 2.05) is 13.0 Å². The number of unbranched alkanes of at least 4 members (excludes halogenated alkanes) is 1. The molecular weight excluding hydrogens is 484 g/mol. The number of likely N-dealkylation sites (tertiary alicyclic amines) is 1. The Morgan fingerprint density at radius 1 is 1.03 bits per heavy atom. The summed E-state index contributed by atoms with van der Waals surface area (Å²) in [5, 5.41) is 11.4. The number of ether oxygens (including phenoxy) is 3. The van der Waals surface area contributed by atoms with Crippen molar-refractivity contribution in [3.63, 3.8) is 0 Å². The van der Waals surface area contributed by atoms with Gasteiger partial charge in [-0.05, 0) is 66.9 Å². The normalized spacial score (nSPS) is 16.5. The van der Waals surface area contributed by atoms with Crippen LogP contribution < -0.4 is 14.2 Å². The number of Topliss-reactive ketones (excluding diaryl/α,β-unsaturated/α-hetero) is 1. The van der Waals surface area contributed by atoms with Crippen molar-refractivity contribution in [2.24, 2.45) is 0 Å². The zero-order valence-electron chi connectivity index (χ0n) is 21.8. The molecule has 1 saturated heterocycles. The van der Waals surface area contributed by atoms with Gasteiger partial charge in [-0.3, -0.25) is 14.6 Å². The SMILES string of the molecule is CCCCOc1ccc(/C(O)=C2\C(=O)C(=O)N(Cc3cccnc3)C2c2ccc(OCC)c(OC)c2)cc1. The molecule has 0 aliphatic carbocycles. The summed E-state index contributed by atoms with van der Waals surface area (Å²) in [7, 11) is 1.53. The van der Waals surface area contributed by atoms with E-state index in [2.05, 4.69) is 11.9 Å². The van der Waals surface area contributed by atoms with Crippen molar-refractivity contribution in [1.29, 1.82) is 0 Å². The molecule has 1 fully saturated rings. The van der Waals surface area contributed by atoms with E-state index in [1.54, 1.807) is 60.9 Å². The summed E-state index contributed by atoms with van der Waals surface area (Å²) in [6.07, 6.45) is 5.25. The number of aliphatic hydroxyl groups excluding tert-OH is 1. The molecule has 1 unspecified atom stereocenters. The van der Waals surface area contributed by atoms with Gasteiger partial charge in [0.2, 0.25) is 0 Å². The molecule has 2 aromatic carbocycles. The summed E-state index contributed by atoms with van der Waals surface area (Å²) in [5.74, 6) is -0.0402. The van der Waals surface area contributed by atoms with E-state index in [4.69, 9.17) is 14.2 Å². The first kappa shape index (κ1) is 26.7. The Morgan fingerprint density at radius 3 is 2.47 bits per heavy atom. The second-order valence-corrected chi connectivity index (χ2v) is 8.86. The minimum Gasteiger partial charge on any atom is -0.507 e. The Kier molecular flexibility index (Phi) is 8.63. The maximum absolute atomic E-state index is 13.4. The first-order chi connectivity index (χ1) is 18.5. The van der Waals surface area contributed by atoms with E-state index < -0.39 is 17.7 Å². The molecule has 8 nitrogen and oxygen atoms in total. The van der Waals surface area contributed by atoms with Gasteiger partial charge < -0.3 is 24.2 Å². The average Bonchev–Trinajstić information content (AvgIpc) is 3.19. The van der Waals surface area contributed by atoms with Gasteiger partial charge in [-0.2, -0.15) is 0 Å². The number of hydrogen-bond donors (Lipinski definition) is 1. The Hall–Kier alpha value is -4.33. The van der Waals surface area contributed by atoms with Gasteiger partial charge in [-0.1, -0.05) is 25.5 Å². The van der Waals surface area contributed by atoms with Gasteiger partial charge in [0.05, 0.1) is 31.9 Å². The summed E-state index contributed by atoms with van der Waals surface area (Å²) >= 11 is 0. The van der Waals surface area contributed by atoms with E-state index in [9.17, 15) is 14.7 Å². The van der Waals surface area contributed by atoms with Gasteiger partial charge in [-0.25, -0.2) is 0 Å². The number of benzene rings is 2. The molecule has 2 heterocycles. The molecule has 198 valence electrons. The maximum atomic E-state index is 13.4. The number of pyridine rings is 1. The molecule has 0 spiro atoms. The lowest BCUT2D eigenvalue weighted by atomic mass is 9.94. The predicted octanol–water partition coefficient (Wildman–Crippen LogP) is 5.29. The van der Waals surface area contributed by atoms with Crippen molar-refractivity contribution in [3.8, 4) is 17.2 Å². The number of carbonyl (C=O) groups excluding carboxylic acids is 2. The van der Waals surface area contributed by atoms with Gasteiger partial charge in [0, 0.05) is 24.5 Å². The van der Waals surface area contributed by atoms with E-state index in [1.165, 1.54) is 12.0 Å². The van der Waals surface area contributed by atoms with Crippen molar-refractivity contribution in [3.05, 3.63) is 89.3 Å². The van der Waals surface area contributed by atoms with Crippen LogP contribution in [0.5, 0.6) is 17.2 Å². The van der Waals surface area contributed by atoms with E-state index in [0.29, 0.717) is 41.6 Å². The molecule has 0 bridgehead atoms. The van der Waals surface area contributed by atoms with Crippen LogP contribution in [-0.4, -0.2) is 47.0 Å². The monoisotopic (exact) mass is 516 g/mol. The third-order valence-electron chi connectivity index (χ3n) is 6.31. The van der Waals surface area contributed by atoms with Crippen molar-refractivity contribution in [1.82, 2.24) is 9.88 Å². The highest BCUT2D eigenvalue weighted by molar-refractivity contribution is 6.46. The van der Waals surface area contributed by atoms with Crippen molar-refractivity contribution < 1.29 is 28.9 Å². The molecule has 1 aliphatic heterocycles. The standard InChI is InChI=1S/C30H32N2O6/c1-4-6-16-38-23-12-9-21(10-13-23)28(33)26-27(22-11-14-24(37-5-2)25(17-22)36-3)32(30(35)29(26)34)19-20-8-7-15-31-18-20/h7-15,17-18,27,33H,4-6,16,19H2,1-3H3/b28-26+. The fourth-order valence-corrected chi connectivity index (χ4v) is 4.41. The van der Waals surface area contributed by atoms with Gasteiger partial charge in [0.25, 0.3) is 11.7 Å². The fourth-order valence-electron chi connectivity index (χ4n) is 4.41. The molecule has 0 radical (unpaired) electrons. The highest BCUT2D eigenvalue weighted by Gasteiger charge is 2.46. The van der Waals surface area contributed by atoms with Crippen LogP contribution in [0.4, 0.5) is 0 Å². The Bertz CT molecular complexity index is 1300. The van der Waals surface area contributed by atoms with Gasteiger partial charge in [0.1, 0.15) is 11.5 Å². The molecule has 1 aliphatic rings. The molecule has 1 amide bonds. The topological polar surface area (TPSA) is 98.2 Å². The zero-order valence-corrected chi connectivity index (χ0v) is 21.8. The van der Waals surface area contributed by atoms with E-state index >= 15 is 0 Å². The second-order valence-electron chi connectivity index (χ2n) is 8.86. The number of ketones is 1. The molecule has 38 heavy (non-hydrogen) atoms. The van der Waals surface area contributed by atoms with Crippen LogP contribution in [0, 0.1) is 0 Å². The summed E-state index contributed by atoms with van der Waals surface area (Å²) in [4.78, 5) is 32.2. The fraction of sp³-hybridized carbons (Fsp3) is 0.300. The lowest BCUT2D eigenvalue weighted by Gasteiger charge is -2.26. The van der Waals surface area contributed by atoms with Crippen LogP contribution in [0.25, 0.3) is 5.76 Å². The highest BCUT2D eigenvalue weighted by atomic mass is 16.5. The molecule has 1 N–H and O–H groups in total. The van der Waals surface area contributed by atoms with Crippen LogP contribution >= 0.6 is 0 Å². The number of amides is 1. The molecule has 1 atom stereocenters. The minimum atomic E-state index is -0.847. The molecule has 1 aromatic heterocycles. The number of rotatable bonds is 11. The first-order valence-corrected chi connectivity index (χ1v) is 12.7. The number of aromatic nitrogens is 1. The highest BCUT2D eigenvalue weighted by Crippen LogP contribution is 2.42. The molecule has 3 aromatic rings. The molecule has 4 rings (SSSR count). The second kappa shape index (κ2) is 12.3. The first-order valence-electron chi connectivity index (χ1n) is 12.7. The number of nitrogens with zero attached hydrogens (tertiary/aromatic N) is 2. The quantitative estimate of drug-likeness (QED) is 0.160. The van der Waals surface area contributed by atoms with Crippen LogP contribution in [0.2, 0.25) is 0 Å². The van der Waals surface area contributed by atoms with Crippen LogP contribution in [-0.2, 0) is 16.1 Å². The maximum Gasteiger partial charge on any atom is 0.295 e. The third kappa shape index (κ3) is 5.64. The third-order valence-corrected chi connectivity index (χ3v) is 6.31. The Morgan fingerprint density at radius 2 is 1.82 bits per heavy atom. The lowest BCUT2D eigenvalue weighted by molar-refractivity contribution is -0.140. The summed E-state index contributed by atoms with van der Waals surface area (Å²) < 4.78 is 16.9. The van der Waals surface area contributed by atoms with Crippen molar-refractivity contribution >= 4 is 17.4 Å². The number of hydrogen-bond acceptors (Lipinski definition) is 7. The summed E-state index contributed by atoms with van der Waals surface area (Å²) in [5.41, 5.74) is 1.78. The number of methoxy groups -OCH3 is 1. The number of aliphatic hydroxyl groups is 1. The van der Waals surface area contributed by atoms with Gasteiger partial charge in [0.15, 0.2) is 11.5 Å². The lowest BCUT2D eigenvalue weighted by Crippen LogP contribution is -2.29. The van der Waals surface area contributed by atoms with E-state index in [-0.39, 0.29) is 17.9 Å². The predicted molar refractivity (Wildman–Crippen MR) is 143 cm³/mol. The van der Waals surface area contributed by atoms with Crippen molar-refractivity contribution in [2.45, 2.75) is 39.3 Å². The molecular formula is C30H32N2O6. The molecule has 0 saturated carbocycles. The van der Waals surface area contributed by atoms with E-state index in [0.717, 1.165) is 18.4 Å². The zero-order chi connectivity index (χ0) is 27.1. The van der Waals surface area contributed by atoms with Gasteiger partial charge in [-0.15, -0.1) is 0 Å². The van der Waals surface area contributed by atoms with Gasteiger partial charge >= 0.3 is 0 Å². The summed E-state index contributed by atoms with van der Waals surface area (Å²) in [6, 6.07) is 14.8. The van der Waals surface area contributed by atoms with Crippen LogP contribution in [0.15, 0.2) is 72.6 Å². The Balaban J connectivity index is 1.79. The smallest absolute Gasteiger partial charge is 0.295 e. The average molecular weight is 517 g/mol.